The highest BCUT2D eigenvalue weighted by Crippen LogP contribution is 2.31. The number of hydrogen-bond acceptors (Lipinski definition) is 3. The zero-order valence-electron chi connectivity index (χ0n) is 13.7. The summed E-state index contributed by atoms with van der Waals surface area (Å²) in [7, 11) is 0. The molecule has 0 spiro atoms. The fraction of sp³-hybridized carbons (Fsp3) is 0.400. The Labute approximate surface area is 138 Å². The van der Waals surface area contributed by atoms with E-state index in [1.807, 2.05) is 12.1 Å². The van der Waals surface area contributed by atoms with Gasteiger partial charge in [-0.3, -0.25) is 0 Å². The van der Waals surface area contributed by atoms with Crippen LogP contribution in [0.3, 0.4) is 0 Å². The van der Waals surface area contributed by atoms with E-state index in [1.165, 1.54) is 17.5 Å². The summed E-state index contributed by atoms with van der Waals surface area (Å²) >= 11 is 0. The standard InChI is InChI=1S/C20H25NO2/c1-2-6-15-7-3-4-8-16(15)11-12-21-17-13-18-19(22)9-5-10-20(18)23-14-17/h3-5,7-10,17,21-22H,2,6,11-14H2,1H3. The number of phenols is 1. The van der Waals surface area contributed by atoms with E-state index >= 15 is 0 Å². The van der Waals surface area contributed by atoms with E-state index in [2.05, 4.69) is 36.5 Å². The van der Waals surface area contributed by atoms with E-state index in [-0.39, 0.29) is 6.04 Å². The largest absolute Gasteiger partial charge is 0.508 e. The molecule has 2 N–H and O–H groups in total. The topological polar surface area (TPSA) is 41.5 Å². The molecular weight excluding hydrogens is 286 g/mol. The molecule has 2 aromatic rings. The van der Waals surface area contributed by atoms with E-state index in [9.17, 15) is 5.11 Å². The molecular formula is C20H25NO2. The zero-order chi connectivity index (χ0) is 16.1. The second-order valence-corrected chi connectivity index (χ2v) is 6.19. The highest BCUT2D eigenvalue weighted by molar-refractivity contribution is 5.45. The molecule has 3 nitrogen and oxygen atoms in total. The van der Waals surface area contributed by atoms with E-state index in [1.54, 1.807) is 6.07 Å². The number of aromatic hydroxyl groups is 1. The van der Waals surface area contributed by atoms with Crippen LogP contribution in [0.5, 0.6) is 11.5 Å². The van der Waals surface area contributed by atoms with Crippen molar-refractivity contribution in [2.75, 3.05) is 13.2 Å². The SMILES string of the molecule is CCCc1ccccc1CCNC1COc2cccc(O)c2C1. The van der Waals surface area contributed by atoms with Gasteiger partial charge in [-0.15, -0.1) is 0 Å². The van der Waals surface area contributed by atoms with Crippen LogP contribution in [0.1, 0.15) is 30.0 Å². The minimum Gasteiger partial charge on any atom is -0.508 e. The fourth-order valence-electron chi connectivity index (χ4n) is 3.25. The predicted molar refractivity (Wildman–Crippen MR) is 93.2 cm³/mol. The zero-order valence-corrected chi connectivity index (χ0v) is 13.7. The van der Waals surface area contributed by atoms with Crippen LogP contribution < -0.4 is 10.1 Å². The smallest absolute Gasteiger partial charge is 0.126 e. The number of fused-ring (bicyclic) bond motifs is 1. The molecule has 0 saturated carbocycles. The van der Waals surface area contributed by atoms with Crippen LogP contribution in [-0.4, -0.2) is 24.3 Å². The number of nitrogens with one attached hydrogen (secondary N) is 1. The molecule has 0 aliphatic carbocycles. The van der Waals surface area contributed by atoms with Crippen molar-refractivity contribution in [3.63, 3.8) is 0 Å². The van der Waals surface area contributed by atoms with Crippen molar-refractivity contribution >= 4 is 0 Å². The Hall–Kier alpha value is -2.00. The lowest BCUT2D eigenvalue weighted by Gasteiger charge is -2.26. The van der Waals surface area contributed by atoms with Crippen molar-refractivity contribution < 1.29 is 9.84 Å². The summed E-state index contributed by atoms with van der Waals surface area (Å²) in [5, 5.41) is 13.5. The van der Waals surface area contributed by atoms with Gasteiger partial charge in [0.15, 0.2) is 0 Å². The molecule has 1 aliphatic rings. The van der Waals surface area contributed by atoms with E-state index in [0.717, 1.165) is 37.1 Å². The molecule has 122 valence electrons. The highest BCUT2D eigenvalue weighted by Gasteiger charge is 2.21. The van der Waals surface area contributed by atoms with Gasteiger partial charge >= 0.3 is 0 Å². The van der Waals surface area contributed by atoms with E-state index in [0.29, 0.717) is 12.4 Å². The molecule has 1 heterocycles. The summed E-state index contributed by atoms with van der Waals surface area (Å²) < 4.78 is 5.76. The fourth-order valence-corrected chi connectivity index (χ4v) is 3.25. The lowest BCUT2D eigenvalue weighted by Crippen LogP contribution is -2.40. The molecule has 3 rings (SSSR count). The minimum atomic E-state index is 0.258. The molecule has 0 amide bonds. The predicted octanol–water partition coefficient (Wildman–Crippen LogP) is 3.48. The highest BCUT2D eigenvalue weighted by atomic mass is 16.5. The van der Waals surface area contributed by atoms with Crippen molar-refractivity contribution in [3.05, 3.63) is 59.2 Å². The molecule has 23 heavy (non-hydrogen) atoms. The molecule has 0 saturated heterocycles. The maximum absolute atomic E-state index is 9.97. The van der Waals surface area contributed by atoms with Crippen molar-refractivity contribution in [3.8, 4) is 11.5 Å². The molecule has 0 bridgehead atoms. The molecule has 1 atom stereocenters. The summed E-state index contributed by atoms with van der Waals surface area (Å²) in [5.74, 6) is 1.15. The third-order valence-corrected chi connectivity index (χ3v) is 4.46. The van der Waals surface area contributed by atoms with Crippen LogP contribution in [-0.2, 0) is 19.3 Å². The first kappa shape index (κ1) is 15.9. The molecule has 1 aliphatic heterocycles. The molecule has 1 unspecified atom stereocenters. The quantitative estimate of drug-likeness (QED) is 0.858. The van der Waals surface area contributed by atoms with Gasteiger partial charge in [0.2, 0.25) is 0 Å². The number of aryl methyl sites for hydroxylation is 1. The average molecular weight is 311 g/mol. The van der Waals surface area contributed by atoms with Gasteiger partial charge in [0.05, 0.1) is 0 Å². The first-order chi connectivity index (χ1) is 11.3. The summed E-state index contributed by atoms with van der Waals surface area (Å²) in [6, 6.07) is 14.4. The third kappa shape index (κ3) is 3.85. The van der Waals surface area contributed by atoms with Gasteiger partial charge in [-0.25, -0.2) is 0 Å². The van der Waals surface area contributed by atoms with E-state index < -0.39 is 0 Å². The van der Waals surface area contributed by atoms with Gasteiger partial charge in [0, 0.05) is 11.6 Å². The van der Waals surface area contributed by atoms with Crippen LogP contribution in [0, 0.1) is 0 Å². The normalized spacial score (nSPS) is 16.7. The summed E-state index contributed by atoms with van der Waals surface area (Å²) in [6.45, 7) is 3.81. The molecule has 3 heteroatoms. The number of phenolic OH excluding ortho intramolecular Hbond substituents is 1. The van der Waals surface area contributed by atoms with Gasteiger partial charge in [0.25, 0.3) is 0 Å². The second kappa shape index (κ2) is 7.51. The summed E-state index contributed by atoms with van der Waals surface area (Å²) in [6.07, 6.45) is 4.17. The van der Waals surface area contributed by atoms with Crippen molar-refractivity contribution in [1.29, 1.82) is 0 Å². The van der Waals surface area contributed by atoms with Crippen LogP contribution in [0.2, 0.25) is 0 Å². The van der Waals surface area contributed by atoms with E-state index in [4.69, 9.17) is 4.74 Å². The van der Waals surface area contributed by atoms with Crippen LogP contribution in [0.15, 0.2) is 42.5 Å². The lowest BCUT2D eigenvalue weighted by atomic mass is 9.99. The summed E-state index contributed by atoms with van der Waals surface area (Å²) in [5.41, 5.74) is 3.81. The van der Waals surface area contributed by atoms with Crippen molar-refractivity contribution in [2.24, 2.45) is 0 Å². The Kier molecular flexibility index (Phi) is 5.19. The number of benzene rings is 2. The first-order valence-corrected chi connectivity index (χ1v) is 8.51. The van der Waals surface area contributed by atoms with Crippen molar-refractivity contribution in [1.82, 2.24) is 5.32 Å². The van der Waals surface area contributed by atoms with Gasteiger partial charge < -0.3 is 15.2 Å². The third-order valence-electron chi connectivity index (χ3n) is 4.46. The maximum atomic E-state index is 9.97. The van der Waals surface area contributed by atoms with Gasteiger partial charge in [-0.1, -0.05) is 43.7 Å². The first-order valence-electron chi connectivity index (χ1n) is 8.51. The molecule has 2 aromatic carbocycles. The Balaban J connectivity index is 1.55. The number of hydrogen-bond donors (Lipinski definition) is 2. The van der Waals surface area contributed by atoms with Gasteiger partial charge in [0.1, 0.15) is 18.1 Å². The molecule has 0 radical (unpaired) electrons. The summed E-state index contributed by atoms with van der Waals surface area (Å²) in [4.78, 5) is 0. The Morgan fingerprint density at radius 2 is 1.87 bits per heavy atom. The molecule has 0 aromatic heterocycles. The Bertz CT molecular complexity index is 654. The monoisotopic (exact) mass is 311 g/mol. The van der Waals surface area contributed by atoms with Crippen molar-refractivity contribution in [2.45, 2.75) is 38.6 Å². The van der Waals surface area contributed by atoms with Crippen LogP contribution >= 0.6 is 0 Å². The number of ether oxygens (including phenoxy) is 1. The molecule has 0 fully saturated rings. The number of rotatable bonds is 6. The van der Waals surface area contributed by atoms with Crippen LogP contribution in [0.25, 0.3) is 0 Å². The Morgan fingerprint density at radius 3 is 2.65 bits per heavy atom. The van der Waals surface area contributed by atoms with Gasteiger partial charge in [-0.2, -0.15) is 0 Å². The minimum absolute atomic E-state index is 0.258. The lowest BCUT2D eigenvalue weighted by molar-refractivity contribution is 0.236. The van der Waals surface area contributed by atoms with Crippen LogP contribution in [0.4, 0.5) is 0 Å². The average Bonchev–Trinajstić information content (AvgIpc) is 2.57. The van der Waals surface area contributed by atoms with Gasteiger partial charge in [-0.05, 0) is 49.1 Å². The Morgan fingerprint density at radius 1 is 1.09 bits per heavy atom. The second-order valence-electron chi connectivity index (χ2n) is 6.19. The maximum Gasteiger partial charge on any atom is 0.126 e.